The number of hydrogen-bond donors (Lipinski definition) is 0. The van der Waals surface area contributed by atoms with Gasteiger partial charge in [-0.25, -0.2) is 0 Å². The van der Waals surface area contributed by atoms with E-state index in [1.54, 1.807) is 0 Å². The zero-order chi connectivity index (χ0) is 22.4. The molecule has 3 atom stereocenters. The maximum Gasteiger partial charge on any atom is 0.145 e. The number of aryl methyl sites for hydroxylation is 2. The van der Waals surface area contributed by atoms with Crippen molar-refractivity contribution in [2.75, 3.05) is 0 Å². The molecule has 31 heavy (non-hydrogen) atoms. The fourth-order valence-electron chi connectivity index (χ4n) is 3.29. The lowest BCUT2D eigenvalue weighted by molar-refractivity contribution is 0.0205. The molecule has 0 amide bonds. The smallest absolute Gasteiger partial charge is 0.145 e. The summed E-state index contributed by atoms with van der Waals surface area (Å²) >= 11 is 0. The molecule has 0 aliphatic carbocycles. The highest BCUT2D eigenvalue weighted by molar-refractivity contribution is 8.03. The molecule has 3 rings (SSSR count). The Hall–Kier alpha value is -2.08. The summed E-state index contributed by atoms with van der Waals surface area (Å²) in [5.41, 5.74) is 3.23. The summed E-state index contributed by atoms with van der Waals surface area (Å²) < 4.78 is 33.1. The molecular weight excluding hydrogens is 424 g/mol. The van der Waals surface area contributed by atoms with Gasteiger partial charge in [-0.2, -0.15) is 0 Å². The average Bonchev–Trinajstić information content (AvgIpc) is 2.77. The minimum atomic E-state index is -1.50. The van der Waals surface area contributed by atoms with Gasteiger partial charge in [0.05, 0.1) is 34.3 Å². The van der Waals surface area contributed by atoms with Crippen molar-refractivity contribution in [2.24, 2.45) is 5.92 Å². The molecule has 0 heterocycles. The molecule has 0 saturated carbocycles. The molecule has 0 aliphatic heterocycles. The molecule has 5 heteroatoms. The first-order valence-corrected chi connectivity index (χ1v) is 12.9. The summed E-state index contributed by atoms with van der Waals surface area (Å²) in [6.07, 6.45) is -0.440. The second-order valence-electron chi connectivity index (χ2n) is 8.09. The summed E-state index contributed by atoms with van der Waals surface area (Å²) in [7, 11) is -3.00. The van der Waals surface area contributed by atoms with Gasteiger partial charge in [-0.3, -0.25) is 8.42 Å². The molecule has 0 N–H and O–H groups in total. The molecule has 0 saturated heterocycles. The molecule has 0 aliphatic rings. The van der Waals surface area contributed by atoms with E-state index in [4.69, 9.17) is 4.74 Å². The van der Waals surface area contributed by atoms with Gasteiger partial charge in [0.15, 0.2) is 0 Å². The Kier molecular flexibility index (Phi) is 8.35. The third-order valence-corrected chi connectivity index (χ3v) is 9.04. The summed E-state index contributed by atoms with van der Waals surface area (Å²) in [6, 6.07) is 25.1. The molecule has 0 unspecified atom stereocenters. The highest BCUT2D eigenvalue weighted by Gasteiger charge is 2.37. The van der Waals surface area contributed by atoms with Gasteiger partial charge in [0.1, 0.15) is 4.58 Å². The Morgan fingerprint density at radius 3 is 1.58 bits per heavy atom. The second-order valence-corrected chi connectivity index (χ2v) is 11.5. The van der Waals surface area contributed by atoms with Crippen LogP contribution in [0.5, 0.6) is 0 Å². The number of ether oxygens (including phenoxy) is 1. The van der Waals surface area contributed by atoms with Crippen LogP contribution in [0.4, 0.5) is 0 Å². The van der Waals surface area contributed by atoms with Gasteiger partial charge >= 0.3 is 0 Å². The predicted octanol–water partition coefficient (Wildman–Crippen LogP) is 5.79. The van der Waals surface area contributed by atoms with Crippen LogP contribution in [0.2, 0.25) is 0 Å². The molecule has 0 bridgehead atoms. The first kappa shape index (κ1) is 23.6. The van der Waals surface area contributed by atoms with Crippen molar-refractivity contribution in [1.82, 2.24) is 0 Å². The van der Waals surface area contributed by atoms with Crippen LogP contribution in [0.25, 0.3) is 0 Å². The Morgan fingerprint density at radius 1 is 0.710 bits per heavy atom. The Morgan fingerprint density at radius 2 is 1.16 bits per heavy atom. The summed E-state index contributed by atoms with van der Waals surface area (Å²) in [6.45, 7) is 8.43. The number of hydrogen-bond acceptors (Lipinski definition) is 3. The summed E-state index contributed by atoms with van der Waals surface area (Å²) in [5.74, 6) is 0.0394. The lowest BCUT2D eigenvalue weighted by Crippen LogP contribution is -2.40. The molecule has 3 aromatic carbocycles. The normalized spacial score (nSPS) is 14.5. The standard InChI is InChI=1S/C26H30O3S2/c1-19(2)25(29-18-22-8-6-5-7-9-22)26(30(27)23-14-10-20(3)11-15-23)31(28)24-16-12-21(4)13-17-24/h5-17,19,25-26H,18H2,1-4H3/t25-,30-,31-/m0/s1. The Balaban J connectivity index is 1.96. The second kappa shape index (κ2) is 11.0. The van der Waals surface area contributed by atoms with Crippen molar-refractivity contribution in [2.45, 2.75) is 54.8 Å². The molecule has 0 radical (unpaired) electrons. The van der Waals surface area contributed by atoms with Crippen molar-refractivity contribution in [1.29, 1.82) is 0 Å². The molecule has 3 aromatic rings. The van der Waals surface area contributed by atoms with Crippen molar-refractivity contribution in [3.8, 4) is 0 Å². The molecule has 3 nitrogen and oxygen atoms in total. The monoisotopic (exact) mass is 454 g/mol. The van der Waals surface area contributed by atoms with Gasteiger partial charge in [-0.1, -0.05) is 79.6 Å². The van der Waals surface area contributed by atoms with Crippen LogP contribution < -0.4 is 0 Å². The minimum Gasteiger partial charge on any atom is -0.371 e. The van der Waals surface area contributed by atoms with Gasteiger partial charge in [0, 0.05) is 9.79 Å². The predicted molar refractivity (Wildman–Crippen MR) is 129 cm³/mol. The largest absolute Gasteiger partial charge is 0.371 e. The summed E-state index contributed by atoms with van der Waals surface area (Å²) in [4.78, 5) is 1.34. The van der Waals surface area contributed by atoms with Crippen molar-refractivity contribution in [3.63, 3.8) is 0 Å². The molecule has 164 valence electrons. The van der Waals surface area contributed by atoms with Crippen LogP contribution in [0.3, 0.4) is 0 Å². The number of rotatable bonds is 9. The van der Waals surface area contributed by atoms with Gasteiger partial charge in [0.2, 0.25) is 0 Å². The van der Waals surface area contributed by atoms with Crippen LogP contribution in [-0.2, 0) is 32.9 Å². The van der Waals surface area contributed by atoms with Gasteiger partial charge in [-0.15, -0.1) is 0 Å². The van der Waals surface area contributed by atoms with E-state index in [1.807, 2.05) is 107 Å². The molecule has 0 fully saturated rings. The molecule has 0 aromatic heterocycles. The van der Waals surface area contributed by atoms with E-state index >= 15 is 0 Å². The lowest BCUT2D eigenvalue weighted by Gasteiger charge is -2.29. The van der Waals surface area contributed by atoms with Crippen molar-refractivity contribution < 1.29 is 13.2 Å². The number of benzene rings is 3. The van der Waals surface area contributed by atoms with E-state index in [9.17, 15) is 8.42 Å². The van der Waals surface area contributed by atoms with Crippen molar-refractivity contribution in [3.05, 3.63) is 95.6 Å². The Labute approximate surface area is 190 Å². The zero-order valence-corrected chi connectivity index (χ0v) is 20.1. The quantitative estimate of drug-likeness (QED) is 0.411. The van der Waals surface area contributed by atoms with E-state index in [-0.39, 0.29) is 5.92 Å². The van der Waals surface area contributed by atoms with Gasteiger partial charge in [0.25, 0.3) is 0 Å². The van der Waals surface area contributed by atoms with E-state index < -0.39 is 32.3 Å². The van der Waals surface area contributed by atoms with Crippen LogP contribution in [0.15, 0.2) is 88.7 Å². The SMILES string of the molecule is Cc1ccc([S@](=O)C([C@@H](OCc2ccccc2)C(C)C)[S@@](=O)c2ccc(C)cc2)cc1. The van der Waals surface area contributed by atoms with Crippen LogP contribution in [-0.4, -0.2) is 19.1 Å². The van der Waals surface area contributed by atoms with Gasteiger partial charge < -0.3 is 4.74 Å². The third kappa shape index (κ3) is 6.22. The van der Waals surface area contributed by atoms with Gasteiger partial charge in [-0.05, 0) is 49.6 Å². The Bertz CT molecular complexity index is 955. The fourth-order valence-corrected chi connectivity index (χ4v) is 7.21. The lowest BCUT2D eigenvalue weighted by atomic mass is 10.1. The van der Waals surface area contributed by atoms with Crippen LogP contribution in [0, 0.1) is 19.8 Å². The zero-order valence-electron chi connectivity index (χ0n) is 18.5. The first-order chi connectivity index (χ1) is 14.9. The maximum atomic E-state index is 13.7. The van der Waals surface area contributed by atoms with Crippen molar-refractivity contribution >= 4 is 21.6 Å². The molecular formula is C26H30O3S2. The van der Waals surface area contributed by atoms with Crippen LogP contribution in [0.1, 0.15) is 30.5 Å². The fraction of sp³-hybridized carbons (Fsp3) is 0.308. The highest BCUT2D eigenvalue weighted by Crippen LogP contribution is 2.28. The summed E-state index contributed by atoms with van der Waals surface area (Å²) in [5, 5.41) is 0. The van der Waals surface area contributed by atoms with E-state index in [1.165, 1.54) is 0 Å². The van der Waals surface area contributed by atoms with E-state index in [0.29, 0.717) is 16.4 Å². The topological polar surface area (TPSA) is 43.4 Å². The van der Waals surface area contributed by atoms with E-state index in [0.717, 1.165) is 16.7 Å². The maximum absolute atomic E-state index is 13.7. The average molecular weight is 455 g/mol. The molecule has 0 spiro atoms. The van der Waals surface area contributed by atoms with Crippen LogP contribution >= 0.6 is 0 Å². The highest BCUT2D eigenvalue weighted by atomic mass is 32.2. The third-order valence-electron chi connectivity index (χ3n) is 5.14. The first-order valence-electron chi connectivity index (χ1n) is 10.5. The minimum absolute atomic E-state index is 0.0394. The van der Waals surface area contributed by atoms with E-state index in [2.05, 4.69) is 0 Å².